The summed E-state index contributed by atoms with van der Waals surface area (Å²) in [5, 5.41) is 5.89. The fourth-order valence-electron chi connectivity index (χ4n) is 3.24. The number of carbonyl (C=O) groups is 3. The molecular formula is C20H27Cl2N3O4. The number of anilines is 1. The van der Waals surface area contributed by atoms with Crippen molar-refractivity contribution in [1.29, 1.82) is 0 Å². The summed E-state index contributed by atoms with van der Waals surface area (Å²) < 4.78 is 5.09. The van der Waals surface area contributed by atoms with Gasteiger partial charge >= 0.3 is 12.0 Å². The second-order valence-corrected chi connectivity index (χ2v) is 8.08. The molecule has 0 aromatic heterocycles. The van der Waals surface area contributed by atoms with Gasteiger partial charge in [0.05, 0.1) is 28.3 Å². The predicted molar refractivity (Wildman–Crippen MR) is 113 cm³/mol. The van der Waals surface area contributed by atoms with E-state index in [1.807, 2.05) is 13.8 Å². The van der Waals surface area contributed by atoms with E-state index in [4.69, 9.17) is 27.9 Å². The monoisotopic (exact) mass is 443 g/mol. The Balaban J connectivity index is 2.04. The average Bonchev–Trinajstić information content (AvgIpc) is 2.69. The molecule has 1 saturated heterocycles. The van der Waals surface area contributed by atoms with Gasteiger partial charge < -0.3 is 20.3 Å². The highest BCUT2D eigenvalue weighted by molar-refractivity contribution is 6.43. The number of hydrogen-bond acceptors (Lipinski definition) is 4. The van der Waals surface area contributed by atoms with E-state index < -0.39 is 12.1 Å². The molecule has 2 N–H and O–H groups in total. The number of benzene rings is 1. The maximum absolute atomic E-state index is 13.1. The minimum Gasteiger partial charge on any atom is -0.466 e. The van der Waals surface area contributed by atoms with E-state index in [0.29, 0.717) is 43.2 Å². The molecule has 2 unspecified atom stereocenters. The van der Waals surface area contributed by atoms with Crippen molar-refractivity contribution in [1.82, 2.24) is 10.2 Å². The minimum absolute atomic E-state index is 0.147. The van der Waals surface area contributed by atoms with Gasteiger partial charge in [0.15, 0.2) is 0 Å². The number of hydrogen-bond donors (Lipinski definition) is 2. The number of nitrogens with zero attached hydrogens (tertiary/aromatic N) is 1. The summed E-state index contributed by atoms with van der Waals surface area (Å²) in [7, 11) is 0. The molecule has 0 bridgehead atoms. The van der Waals surface area contributed by atoms with Crippen molar-refractivity contribution in [3.63, 3.8) is 0 Å². The van der Waals surface area contributed by atoms with Crippen molar-refractivity contribution in [3.05, 3.63) is 28.2 Å². The van der Waals surface area contributed by atoms with Gasteiger partial charge in [-0.05, 0) is 37.8 Å². The van der Waals surface area contributed by atoms with Gasteiger partial charge in [-0.1, -0.05) is 43.1 Å². The number of rotatable bonds is 6. The molecule has 9 heteroatoms. The largest absolute Gasteiger partial charge is 0.466 e. The molecular weight excluding hydrogens is 417 g/mol. The average molecular weight is 444 g/mol. The van der Waals surface area contributed by atoms with Crippen LogP contribution in [0.3, 0.4) is 0 Å². The van der Waals surface area contributed by atoms with E-state index in [1.165, 1.54) is 0 Å². The normalized spacial score (nSPS) is 17.6. The van der Waals surface area contributed by atoms with Crippen LogP contribution in [0.25, 0.3) is 0 Å². The molecule has 29 heavy (non-hydrogen) atoms. The molecule has 0 aliphatic carbocycles. The standard InChI is InChI=1S/C20H27Cl2N3O4/c1-4-29-19(27)13-7-6-10-25(11-13)18(26)17(12(2)3)24-20(28)23-15-9-5-8-14(21)16(15)22/h5,8-9,12-13,17H,4,6-7,10-11H2,1-3H3,(H2,23,24,28). The van der Waals surface area contributed by atoms with Gasteiger partial charge in [0.25, 0.3) is 0 Å². The predicted octanol–water partition coefficient (Wildman–Crippen LogP) is 3.94. The van der Waals surface area contributed by atoms with Crippen LogP contribution in [0.15, 0.2) is 18.2 Å². The lowest BCUT2D eigenvalue weighted by atomic mass is 9.95. The number of piperidine rings is 1. The Morgan fingerprint density at radius 3 is 2.66 bits per heavy atom. The van der Waals surface area contributed by atoms with Crippen LogP contribution >= 0.6 is 23.2 Å². The van der Waals surface area contributed by atoms with Crippen molar-refractivity contribution in [2.24, 2.45) is 11.8 Å². The van der Waals surface area contributed by atoms with E-state index in [1.54, 1.807) is 30.0 Å². The highest BCUT2D eigenvalue weighted by Crippen LogP contribution is 2.29. The van der Waals surface area contributed by atoms with Crippen LogP contribution in [-0.4, -0.2) is 48.5 Å². The Hall–Kier alpha value is -1.99. The number of halogens is 2. The van der Waals surface area contributed by atoms with Crippen LogP contribution in [0.4, 0.5) is 10.5 Å². The zero-order chi connectivity index (χ0) is 21.6. The first-order valence-electron chi connectivity index (χ1n) is 9.71. The van der Waals surface area contributed by atoms with Crippen LogP contribution < -0.4 is 10.6 Å². The Bertz CT molecular complexity index is 757. The minimum atomic E-state index is -0.742. The van der Waals surface area contributed by atoms with E-state index in [9.17, 15) is 14.4 Å². The maximum Gasteiger partial charge on any atom is 0.319 e. The molecule has 2 atom stereocenters. The molecule has 1 aromatic carbocycles. The van der Waals surface area contributed by atoms with Gasteiger partial charge in [-0.25, -0.2) is 4.79 Å². The second kappa shape index (κ2) is 10.7. The molecule has 0 radical (unpaired) electrons. The van der Waals surface area contributed by atoms with Crippen molar-refractivity contribution in [3.8, 4) is 0 Å². The topological polar surface area (TPSA) is 87.7 Å². The third kappa shape index (κ3) is 6.24. The van der Waals surface area contributed by atoms with Crippen LogP contribution in [0.1, 0.15) is 33.6 Å². The first kappa shape index (κ1) is 23.3. The third-order valence-electron chi connectivity index (χ3n) is 4.77. The van der Waals surface area contributed by atoms with E-state index in [0.717, 1.165) is 0 Å². The number of ether oxygens (including phenoxy) is 1. The lowest BCUT2D eigenvalue weighted by molar-refractivity contribution is -0.151. The molecule has 1 aromatic rings. The van der Waals surface area contributed by atoms with Crippen molar-refractivity contribution in [2.45, 2.75) is 39.7 Å². The summed E-state index contributed by atoms with van der Waals surface area (Å²) in [5.74, 6) is -0.987. The van der Waals surface area contributed by atoms with Gasteiger partial charge in [0.1, 0.15) is 6.04 Å². The number of nitrogens with one attached hydrogen (secondary N) is 2. The first-order valence-corrected chi connectivity index (χ1v) is 10.5. The van der Waals surface area contributed by atoms with Gasteiger partial charge in [0, 0.05) is 13.1 Å². The number of carbonyl (C=O) groups excluding carboxylic acids is 3. The van der Waals surface area contributed by atoms with E-state index in [2.05, 4.69) is 10.6 Å². The summed E-state index contributed by atoms with van der Waals surface area (Å²) in [4.78, 5) is 39.2. The molecule has 1 aliphatic rings. The fraction of sp³-hybridized carbons (Fsp3) is 0.550. The van der Waals surface area contributed by atoms with Gasteiger partial charge in [-0.2, -0.15) is 0 Å². The molecule has 0 spiro atoms. The lowest BCUT2D eigenvalue weighted by Crippen LogP contribution is -2.54. The Kier molecular flexibility index (Phi) is 8.59. The molecule has 2 rings (SSSR count). The smallest absolute Gasteiger partial charge is 0.319 e. The van der Waals surface area contributed by atoms with Crippen LogP contribution in [0.5, 0.6) is 0 Å². The summed E-state index contributed by atoms with van der Waals surface area (Å²) in [6, 6.07) is 3.60. The van der Waals surface area contributed by atoms with Gasteiger partial charge in [-0.3, -0.25) is 9.59 Å². The SMILES string of the molecule is CCOC(=O)C1CCCN(C(=O)C(NC(=O)Nc2cccc(Cl)c2Cl)C(C)C)C1. The number of esters is 1. The molecule has 1 heterocycles. The summed E-state index contributed by atoms with van der Waals surface area (Å²) >= 11 is 12.1. The fourth-order valence-corrected chi connectivity index (χ4v) is 3.59. The van der Waals surface area contributed by atoms with Crippen molar-refractivity contribution < 1.29 is 19.1 Å². The van der Waals surface area contributed by atoms with Crippen LogP contribution in [-0.2, 0) is 14.3 Å². The lowest BCUT2D eigenvalue weighted by Gasteiger charge is -2.35. The molecule has 7 nitrogen and oxygen atoms in total. The molecule has 1 aliphatic heterocycles. The van der Waals surface area contributed by atoms with E-state index in [-0.39, 0.29) is 28.7 Å². The second-order valence-electron chi connectivity index (χ2n) is 7.30. The molecule has 1 fully saturated rings. The molecule has 0 saturated carbocycles. The third-order valence-corrected chi connectivity index (χ3v) is 5.59. The zero-order valence-corrected chi connectivity index (χ0v) is 18.3. The number of likely N-dealkylation sites (tertiary alicyclic amines) is 1. The molecule has 3 amide bonds. The number of amides is 3. The number of urea groups is 1. The summed E-state index contributed by atoms with van der Waals surface area (Å²) in [6.45, 7) is 6.61. The van der Waals surface area contributed by atoms with E-state index >= 15 is 0 Å². The quantitative estimate of drug-likeness (QED) is 0.651. The Morgan fingerprint density at radius 2 is 2.00 bits per heavy atom. The molecule has 160 valence electrons. The summed E-state index contributed by atoms with van der Waals surface area (Å²) in [6.07, 6.45) is 1.40. The Labute approximate surface area is 181 Å². The highest BCUT2D eigenvalue weighted by atomic mass is 35.5. The first-order chi connectivity index (χ1) is 13.7. The van der Waals surface area contributed by atoms with Gasteiger partial charge in [0.2, 0.25) is 5.91 Å². The zero-order valence-electron chi connectivity index (χ0n) is 16.8. The Morgan fingerprint density at radius 1 is 1.28 bits per heavy atom. The maximum atomic E-state index is 13.1. The summed E-state index contributed by atoms with van der Waals surface area (Å²) in [5.41, 5.74) is 0.354. The van der Waals surface area contributed by atoms with Crippen LogP contribution in [0, 0.1) is 11.8 Å². The van der Waals surface area contributed by atoms with Crippen LogP contribution in [0.2, 0.25) is 10.0 Å². The van der Waals surface area contributed by atoms with Crippen molar-refractivity contribution in [2.75, 3.05) is 25.0 Å². The van der Waals surface area contributed by atoms with Crippen molar-refractivity contribution >= 4 is 46.8 Å². The highest BCUT2D eigenvalue weighted by Gasteiger charge is 2.34. The van der Waals surface area contributed by atoms with Gasteiger partial charge in [-0.15, -0.1) is 0 Å².